The number of hydrogen-bond acceptors (Lipinski definition) is 2. The van der Waals surface area contributed by atoms with Crippen LogP contribution in [0, 0.1) is 0 Å². The molecule has 0 amide bonds. The molecule has 2 nitrogen and oxygen atoms in total. The van der Waals surface area contributed by atoms with E-state index in [0.717, 1.165) is 37.6 Å². The van der Waals surface area contributed by atoms with Gasteiger partial charge in [0, 0.05) is 16.1 Å². The van der Waals surface area contributed by atoms with Crippen molar-refractivity contribution >= 4 is 23.2 Å². The molecule has 1 aromatic rings. The summed E-state index contributed by atoms with van der Waals surface area (Å²) in [5.41, 5.74) is -0.00407. The largest absolute Gasteiger partial charge is 0.487 e. The van der Waals surface area contributed by atoms with Crippen molar-refractivity contribution < 1.29 is 4.74 Å². The van der Waals surface area contributed by atoms with E-state index in [2.05, 4.69) is 5.32 Å². The number of nitrogens with one attached hydrogen (secondary N) is 1. The van der Waals surface area contributed by atoms with Crippen molar-refractivity contribution in [1.82, 2.24) is 5.32 Å². The van der Waals surface area contributed by atoms with Crippen molar-refractivity contribution in [2.75, 3.05) is 6.54 Å². The Morgan fingerprint density at radius 1 is 1.16 bits per heavy atom. The van der Waals surface area contributed by atoms with Crippen LogP contribution in [0.15, 0.2) is 18.2 Å². The molecule has 2 fully saturated rings. The van der Waals surface area contributed by atoms with Crippen LogP contribution >= 0.6 is 23.2 Å². The van der Waals surface area contributed by atoms with Crippen LogP contribution in [0.1, 0.15) is 38.5 Å². The number of ether oxygens (including phenoxy) is 1. The molecule has 2 aliphatic carbocycles. The third kappa shape index (κ3) is 3.56. The van der Waals surface area contributed by atoms with Gasteiger partial charge in [0.05, 0.1) is 0 Å². The van der Waals surface area contributed by atoms with Crippen molar-refractivity contribution in [3.63, 3.8) is 0 Å². The lowest BCUT2D eigenvalue weighted by Crippen LogP contribution is -2.45. The molecule has 0 heterocycles. The molecule has 1 N–H and O–H groups in total. The third-order valence-electron chi connectivity index (χ3n) is 4.03. The maximum absolute atomic E-state index is 6.19. The summed E-state index contributed by atoms with van der Waals surface area (Å²) in [4.78, 5) is 0. The van der Waals surface area contributed by atoms with E-state index < -0.39 is 0 Å². The van der Waals surface area contributed by atoms with Crippen LogP contribution in [0.5, 0.6) is 5.75 Å². The van der Waals surface area contributed by atoms with Crippen LogP contribution in [-0.4, -0.2) is 18.2 Å². The molecule has 0 bridgehead atoms. The molecule has 104 valence electrons. The fraction of sp³-hybridized carbons (Fsp3) is 0.600. The standard InChI is InChI=1S/C15H19Cl2NO/c16-11-8-12(17)10-14(9-11)19-15(4-1-5-15)6-7-18-13-2-3-13/h8-10,13,18H,1-7H2. The van der Waals surface area contributed by atoms with Crippen molar-refractivity contribution in [2.24, 2.45) is 0 Å². The second-order valence-electron chi connectivity index (χ2n) is 5.72. The molecule has 1 aromatic carbocycles. The molecule has 2 saturated carbocycles. The Morgan fingerprint density at radius 2 is 1.84 bits per heavy atom. The van der Waals surface area contributed by atoms with Gasteiger partial charge < -0.3 is 10.1 Å². The minimum atomic E-state index is -0.00407. The summed E-state index contributed by atoms with van der Waals surface area (Å²) >= 11 is 12.0. The Hall–Kier alpha value is -0.440. The molecule has 0 aromatic heterocycles. The van der Waals surface area contributed by atoms with Crippen LogP contribution in [0.4, 0.5) is 0 Å². The zero-order valence-corrected chi connectivity index (χ0v) is 12.4. The van der Waals surface area contributed by atoms with Gasteiger partial charge in [-0.05, 0) is 63.3 Å². The zero-order chi connectivity index (χ0) is 13.3. The van der Waals surface area contributed by atoms with Gasteiger partial charge in [0.2, 0.25) is 0 Å². The molecule has 19 heavy (non-hydrogen) atoms. The van der Waals surface area contributed by atoms with E-state index in [4.69, 9.17) is 27.9 Å². The van der Waals surface area contributed by atoms with E-state index in [-0.39, 0.29) is 5.60 Å². The minimum Gasteiger partial charge on any atom is -0.487 e. The van der Waals surface area contributed by atoms with Crippen molar-refractivity contribution in [2.45, 2.75) is 50.2 Å². The second kappa shape index (κ2) is 5.51. The van der Waals surface area contributed by atoms with Gasteiger partial charge >= 0.3 is 0 Å². The molecular weight excluding hydrogens is 281 g/mol. The second-order valence-corrected chi connectivity index (χ2v) is 6.60. The molecule has 3 rings (SSSR count). The van der Waals surface area contributed by atoms with Crippen LogP contribution < -0.4 is 10.1 Å². The van der Waals surface area contributed by atoms with Crippen molar-refractivity contribution in [3.05, 3.63) is 28.2 Å². The van der Waals surface area contributed by atoms with Gasteiger partial charge in [-0.25, -0.2) is 0 Å². The Morgan fingerprint density at radius 3 is 2.37 bits per heavy atom. The highest BCUT2D eigenvalue weighted by molar-refractivity contribution is 6.34. The lowest BCUT2D eigenvalue weighted by Gasteiger charge is -2.42. The monoisotopic (exact) mass is 299 g/mol. The fourth-order valence-electron chi connectivity index (χ4n) is 2.60. The number of rotatable bonds is 6. The summed E-state index contributed by atoms with van der Waals surface area (Å²) < 4.78 is 6.19. The van der Waals surface area contributed by atoms with E-state index >= 15 is 0 Å². The van der Waals surface area contributed by atoms with Crippen molar-refractivity contribution in [3.8, 4) is 5.75 Å². The normalized spacial score (nSPS) is 20.9. The molecule has 0 unspecified atom stereocenters. The van der Waals surface area contributed by atoms with Crippen LogP contribution in [0.2, 0.25) is 10.0 Å². The first-order valence-electron chi connectivity index (χ1n) is 7.04. The van der Waals surface area contributed by atoms with Gasteiger partial charge in [-0.3, -0.25) is 0 Å². The number of benzene rings is 1. The van der Waals surface area contributed by atoms with Crippen molar-refractivity contribution in [1.29, 1.82) is 0 Å². The predicted molar refractivity (Wildman–Crippen MR) is 79.3 cm³/mol. The van der Waals surface area contributed by atoms with E-state index in [1.54, 1.807) is 6.07 Å². The first kappa shape index (κ1) is 13.5. The highest BCUT2D eigenvalue weighted by Gasteiger charge is 2.39. The maximum Gasteiger partial charge on any atom is 0.123 e. The quantitative estimate of drug-likeness (QED) is 0.838. The summed E-state index contributed by atoms with van der Waals surface area (Å²) in [5, 5.41) is 4.82. The summed E-state index contributed by atoms with van der Waals surface area (Å²) in [5.74, 6) is 0.795. The zero-order valence-electron chi connectivity index (χ0n) is 10.9. The first-order valence-corrected chi connectivity index (χ1v) is 7.79. The molecule has 0 radical (unpaired) electrons. The number of hydrogen-bond donors (Lipinski definition) is 1. The Labute approximate surface area is 124 Å². The van der Waals surface area contributed by atoms with Gasteiger partial charge in [-0.1, -0.05) is 23.2 Å². The van der Waals surface area contributed by atoms with Crippen LogP contribution in [0.25, 0.3) is 0 Å². The first-order chi connectivity index (χ1) is 9.15. The highest BCUT2D eigenvalue weighted by Crippen LogP contribution is 2.40. The van der Waals surface area contributed by atoms with E-state index in [0.29, 0.717) is 10.0 Å². The highest BCUT2D eigenvalue weighted by atomic mass is 35.5. The van der Waals surface area contributed by atoms with Crippen LogP contribution in [-0.2, 0) is 0 Å². The summed E-state index contributed by atoms with van der Waals surface area (Å²) in [6, 6.07) is 6.19. The van der Waals surface area contributed by atoms with E-state index in [1.807, 2.05) is 12.1 Å². The van der Waals surface area contributed by atoms with Crippen LogP contribution in [0.3, 0.4) is 0 Å². The summed E-state index contributed by atoms with van der Waals surface area (Å²) in [6.45, 7) is 1.04. The molecule has 0 atom stereocenters. The Bertz CT molecular complexity index is 435. The summed E-state index contributed by atoms with van der Waals surface area (Å²) in [6.07, 6.45) is 7.23. The van der Waals surface area contributed by atoms with Gasteiger partial charge in [0.15, 0.2) is 0 Å². The SMILES string of the molecule is Clc1cc(Cl)cc(OC2(CCNC3CC3)CCC2)c1. The molecule has 4 heteroatoms. The predicted octanol–water partition coefficient (Wildman–Crippen LogP) is 4.44. The van der Waals surface area contributed by atoms with Gasteiger partial charge in [0.25, 0.3) is 0 Å². The lowest BCUT2D eigenvalue weighted by atomic mass is 9.77. The van der Waals surface area contributed by atoms with E-state index in [9.17, 15) is 0 Å². The third-order valence-corrected chi connectivity index (χ3v) is 4.46. The fourth-order valence-corrected chi connectivity index (χ4v) is 3.11. The molecule has 2 aliphatic rings. The molecule has 0 aliphatic heterocycles. The Kier molecular flexibility index (Phi) is 3.93. The lowest BCUT2D eigenvalue weighted by molar-refractivity contribution is -0.0142. The average molecular weight is 300 g/mol. The molecular formula is C15H19Cl2NO. The minimum absolute atomic E-state index is 0.00407. The van der Waals surface area contributed by atoms with Gasteiger partial charge in [0.1, 0.15) is 11.4 Å². The van der Waals surface area contributed by atoms with E-state index in [1.165, 1.54) is 19.3 Å². The maximum atomic E-state index is 6.19. The topological polar surface area (TPSA) is 21.3 Å². The van der Waals surface area contributed by atoms with Gasteiger partial charge in [-0.15, -0.1) is 0 Å². The smallest absolute Gasteiger partial charge is 0.123 e. The average Bonchev–Trinajstić information content (AvgIpc) is 3.08. The Balaban J connectivity index is 1.60. The molecule has 0 saturated heterocycles. The van der Waals surface area contributed by atoms with Gasteiger partial charge in [-0.2, -0.15) is 0 Å². The summed E-state index contributed by atoms with van der Waals surface area (Å²) in [7, 11) is 0. The molecule has 0 spiro atoms. The number of halogens is 2.